The summed E-state index contributed by atoms with van der Waals surface area (Å²) in [5.41, 5.74) is 3.92. The molecule has 0 saturated heterocycles. The van der Waals surface area contributed by atoms with Crippen LogP contribution in [0, 0.1) is 0 Å². The Labute approximate surface area is 91.7 Å². The molecule has 1 N–H and O–H groups in total. The Morgan fingerprint density at radius 2 is 2.25 bits per heavy atom. The van der Waals surface area contributed by atoms with E-state index >= 15 is 0 Å². The number of aliphatic imine (C=N–C) groups is 2. The third-order valence-electron chi connectivity index (χ3n) is 2.69. The van der Waals surface area contributed by atoms with Gasteiger partial charge in [0.1, 0.15) is 0 Å². The van der Waals surface area contributed by atoms with Crippen LogP contribution in [0.3, 0.4) is 0 Å². The molecule has 0 fully saturated rings. The van der Waals surface area contributed by atoms with Crippen molar-refractivity contribution in [3.8, 4) is 0 Å². The van der Waals surface area contributed by atoms with E-state index in [-0.39, 0.29) is 0 Å². The fourth-order valence-electron chi connectivity index (χ4n) is 1.92. The highest BCUT2D eigenvalue weighted by Gasteiger charge is 2.22. The normalized spacial score (nSPS) is 16.2. The molecule has 0 aliphatic carbocycles. The van der Waals surface area contributed by atoms with Crippen LogP contribution in [-0.4, -0.2) is 29.5 Å². The van der Waals surface area contributed by atoms with Gasteiger partial charge in [0.25, 0.3) is 0 Å². The number of nitrogens with zero attached hydrogens (tertiary/aromatic N) is 2. The molecule has 0 aromatic heterocycles. The maximum absolute atomic E-state index is 10.9. The van der Waals surface area contributed by atoms with E-state index in [0.717, 1.165) is 22.5 Å². The number of aromatic carboxylic acids is 1. The van der Waals surface area contributed by atoms with E-state index in [4.69, 9.17) is 5.11 Å². The fourth-order valence-corrected chi connectivity index (χ4v) is 1.92. The van der Waals surface area contributed by atoms with Gasteiger partial charge in [-0.25, -0.2) is 4.79 Å². The smallest absolute Gasteiger partial charge is 0.335 e. The highest BCUT2D eigenvalue weighted by atomic mass is 16.4. The molecule has 2 aliphatic heterocycles. The summed E-state index contributed by atoms with van der Waals surface area (Å²) in [6.45, 7) is 0.572. The quantitative estimate of drug-likeness (QED) is 0.773. The van der Waals surface area contributed by atoms with Crippen LogP contribution in [-0.2, 0) is 0 Å². The highest BCUT2D eigenvalue weighted by Crippen LogP contribution is 2.36. The molecule has 4 heteroatoms. The van der Waals surface area contributed by atoms with Crippen molar-refractivity contribution >= 4 is 29.2 Å². The number of dihydropyridines is 1. The molecule has 0 unspecified atom stereocenters. The van der Waals surface area contributed by atoms with Crippen molar-refractivity contribution in [2.75, 3.05) is 6.54 Å². The number of carbonyl (C=O) groups is 1. The Morgan fingerprint density at radius 1 is 1.38 bits per heavy atom. The molecule has 0 saturated carbocycles. The van der Waals surface area contributed by atoms with Gasteiger partial charge in [-0.1, -0.05) is 0 Å². The summed E-state index contributed by atoms with van der Waals surface area (Å²) in [4.78, 5) is 19.4. The van der Waals surface area contributed by atoms with Gasteiger partial charge in [-0.15, -0.1) is 0 Å². The van der Waals surface area contributed by atoms with E-state index in [0.29, 0.717) is 12.1 Å². The Hall–Kier alpha value is -2.23. The largest absolute Gasteiger partial charge is 0.478 e. The first kappa shape index (κ1) is 9.03. The molecule has 0 radical (unpaired) electrons. The van der Waals surface area contributed by atoms with Crippen LogP contribution >= 0.6 is 0 Å². The van der Waals surface area contributed by atoms with Gasteiger partial charge in [0.2, 0.25) is 0 Å². The van der Waals surface area contributed by atoms with Gasteiger partial charge in [-0.05, 0) is 24.3 Å². The van der Waals surface area contributed by atoms with Crippen molar-refractivity contribution in [1.29, 1.82) is 0 Å². The first-order valence-electron chi connectivity index (χ1n) is 4.91. The molecule has 78 valence electrons. The number of hydrogen-bond acceptors (Lipinski definition) is 3. The number of rotatable bonds is 1. The Kier molecular flexibility index (Phi) is 1.77. The van der Waals surface area contributed by atoms with E-state index in [1.807, 2.05) is 6.08 Å². The van der Waals surface area contributed by atoms with E-state index in [9.17, 15) is 4.79 Å². The highest BCUT2D eigenvalue weighted by molar-refractivity contribution is 6.33. The zero-order valence-corrected chi connectivity index (χ0v) is 8.34. The molecule has 0 spiro atoms. The number of carboxylic acid groups (broad SMARTS) is 1. The molecule has 2 aliphatic rings. The van der Waals surface area contributed by atoms with Gasteiger partial charge >= 0.3 is 5.97 Å². The Balaban J connectivity index is 2.17. The molecule has 4 nitrogen and oxygen atoms in total. The minimum Gasteiger partial charge on any atom is -0.478 e. The fraction of sp³-hybridized carbons (Fsp3) is 0.0833. The van der Waals surface area contributed by atoms with Gasteiger partial charge < -0.3 is 5.11 Å². The van der Waals surface area contributed by atoms with Gasteiger partial charge in [0.15, 0.2) is 0 Å². The van der Waals surface area contributed by atoms with Crippen LogP contribution in [0.2, 0.25) is 0 Å². The lowest BCUT2D eigenvalue weighted by Gasteiger charge is -2.05. The summed E-state index contributed by atoms with van der Waals surface area (Å²) < 4.78 is 0. The van der Waals surface area contributed by atoms with Crippen molar-refractivity contribution in [1.82, 2.24) is 0 Å². The first-order valence-corrected chi connectivity index (χ1v) is 4.91. The molecular weight excluding hydrogens is 204 g/mol. The van der Waals surface area contributed by atoms with Gasteiger partial charge in [-0.3, -0.25) is 9.98 Å². The predicted molar refractivity (Wildman–Crippen MR) is 61.8 cm³/mol. The third-order valence-corrected chi connectivity index (χ3v) is 2.69. The predicted octanol–water partition coefficient (Wildman–Crippen LogP) is 1.94. The molecule has 0 atom stereocenters. The van der Waals surface area contributed by atoms with Crippen molar-refractivity contribution < 1.29 is 9.90 Å². The minimum atomic E-state index is -0.915. The second-order valence-corrected chi connectivity index (χ2v) is 3.67. The van der Waals surface area contributed by atoms with Crippen LogP contribution in [0.5, 0.6) is 0 Å². The van der Waals surface area contributed by atoms with E-state index in [1.54, 1.807) is 24.4 Å². The third kappa shape index (κ3) is 1.20. The lowest BCUT2D eigenvalue weighted by atomic mass is 9.99. The standard InChI is InChI=1S/C12H8N2O2/c15-12(16)7-1-2-10-9(5-7)8-3-4-13-6-11(8)14-10/h1-5H,6H2,(H,15,16). The number of allylic oxidation sites excluding steroid dienone is 1. The van der Waals surface area contributed by atoms with Crippen LogP contribution in [0.15, 0.2) is 34.3 Å². The van der Waals surface area contributed by atoms with Crippen molar-refractivity contribution in [3.63, 3.8) is 0 Å². The van der Waals surface area contributed by atoms with Crippen LogP contribution < -0.4 is 0 Å². The molecule has 0 amide bonds. The van der Waals surface area contributed by atoms with E-state index in [1.165, 1.54) is 0 Å². The summed E-state index contributed by atoms with van der Waals surface area (Å²) in [7, 11) is 0. The lowest BCUT2D eigenvalue weighted by Crippen LogP contribution is -2.06. The monoisotopic (exact) mass is 212 g/mol. The zero-order chi connectivity index (χ0) is 11.1. The van der Waals surface area contributed by atoms with Crippen molar-refractivity contribution in [2.45, 2.75) is 0 Å². The van der Waals surface area contributed by atoms with Crippen LogP contribution in [0.1, 0.15) is 15.9 Å². The topological polar surface area (TPSA) is 62.0 Å². The van der Waals surface area contributed by atoms with E-state index < -0.39 is 5.97 Å². The van der Waals surface area contributed by atoms with E-state index in [2.05, 4.69) is 9.98 Å². The van der Waals surface area contributed by atoms with Gasteiger partial charge in [0, 0.05) is 17.4 Å². The SMILES string of the molecule is O=C(O)c1ccc2c(c1)C1=CC=NCC1=N2. The molecule has 1 aromatic rings. The molecule has 1 aromatic carbocycles. The second kappa shape index (κ2) is 3.13. The van der Waals surface area contributed by atoms with Crippen LogP contribution in [0.25, 0.3) is 5.57 Å². The number of hydrogen-bond donors (Lipinski definition) is 1. The number of fused-ring (bicyclic) bond motifs is 3. The maximum atomic E-state index is 10.9. The Bertz CT molecular complexity index is 583. The summed E-state index contributed by atoms with van der Waals surface area (Å²) in [6.07, 6.45) is 3.61. The first-order chi connectivity index (χ1) is 7.75. The van der Waals surface area contributed by atoms with Crippen molar-refractivity contribution in [3.05, 3.63) is 35.4 Å². The maximum Gasteiger partial charge on any atom is 0.335 e. The number of benzene rings is 1. The van der Waals surface area contributed by atoms with Crippen molar-refractivity contribution in [2.24, 2.45) is 9.98 Å². The average molecular weight is 212 g/mol. The number of carboxylic acids is 1. The lowest BCUT2D eigenvalue weighted by molar-refractivity contribution is 0.0697. The minimum absolute atomic E-state index is 0.290. The molecule has 0 bridgehead atoms. The molecule has 3 rings (SSSR count). The molecule has 2 heterocycles. The van der Waals surface area contributed by atoms with Gasteiger partial charge in [-0.2, -0.15) is 0 Å². The molecule has 16 heavy (non-hydrogen) atoms. The summed E-state index contributed by atoms with van der Waals surface area (Å²) in [5, 5.41) is 8.93. The van der Waals surface area contributed by atoms with Gasteiger partial charge in [0.05, 0.1) is 23.5 Å². The average Bonchev–Trinajstić information content (AvgIpc) is 2.66. The summed E-state index contributed by atoms with van der Waals surface area (Å²) >= 11 is 0. The van der Waals surface area contributed by atoms with Crippen LogP contribution in [0.4, 0.5) is 5.69 Å². The Morgan fingerprint density at radius 3 is 3.06 bits per heavy atom. The molecular formula is C12H8N2O2. The summed E-state index contributed by atoms with van der Waals surface area (Å²) in [5.74, 6) is -0.915. The summed E-state index contributed by atoms with van der Waals surface area (Å²) in [6, 6.07) is 4.98. The zero-order valence-electron chi connectivity index (χ0n) is 8.34. The second-order valence-electron chi connectivity index (χ2n) is 3.67.